The number of aromatic nitrogens is 1. The van der Waals surface area contributed by atoms with E-state index in [-0.39, 0.29) is 0 Å². The van der Waals surface area contributed by atoms with Gasteiger partial charge in [-0.05, 0) is 35.0 Å². The summed E-state index contributed by atoms with van der Waals surface area (Å²) in [4.78, 5) is 6.73. The number of anilines is 1. The van der Waals surface area contributed by atoms with E-state index in [1.54, 1.807) is 6.20 Å². The monoisotopic (exact) mass is 332 g/mol. The SMILES string of the molecule is Clc1cc(Br)cnc1NCCCN1CCNCC1. The van der Waals surface area contributed by atoms with Gasteiger partial charge in [-0.15, -0.1) is 0 Å². The first-order chi connectivity index (χ1) is 8.75. The van der Waals surface area contributed by atoms with Crippen LogP contribution in [-0.2, 0) is 0 Å². The fraction of sp³-hybridized carbons (Fsp3) is 0.583. The van der Waals surface area contributed by atoms with Gasteiger partial charge in [-0.2, -0.15) is 0 Å². The van der Waals surface area contributed by atoms with E-state index in [1.807, 2.05) is 6.07 Å². The zero-order valence-electron chi connectivity index (χ0n) is 10.3. The van der Waals surface area contributed by atoms with Gasteiger partial charge in [-0.25, -0.2) is 4.98 Å². The van der Waals surface area contributed by atoms with Crippen LogP contribution in [0.15, 0.2) is 16.7 Å². The van der Waals surface area contributed by atoms with Gasteiger partial charge in [0.1, 0.15) is 5.82 Å². The Hall–Kier alpha value is -0.360. The Morgan fingerprint density at radius 2 is 2.22 bits per heavy atom. The zero-order chi connectivity index (χ0) is 12.8. The molecule has 1 aromatic heterocycles. The van der Waals surface area contributed by atoms with Gasteiger partial charge < -0.3 is 15.5 Å². The average Bonchev–Trinajstić information content (AvgIpc) is 2.38. The van der Waals surface area contributed by atoms with E-state index in [4.69, 9.17) is 11.6 Å². The van der Waals surface area contributed by atoms with Crippen molar-refractivity contribution in [2.45, 2.75) is 6.42 Å². The van der Waals surface area contributed by atoms with Crippen LogP contribution < -0.4 is 10.6 Å². The van der Waals surface area contributed by atoms with Gasteiger partial charge in [0, 0.05) is 43.4 Å². The first-order valence-electron chi connectivity index (χ1n) is 6.24. The molecule has 100 valence electrons. The van der Waals surface area contributed by atoms with Crippen molar-refractivity contribution < 1.29 is 0 Å². The highest BCUT2D eigenvalue weighted by atomic mass is 79.9. The van der Waals surface area contributed by atoms with Crippen molar-refractivity contribution in [2.75, 3.05) is 44.6 Å². The highest BCUT2D eigenvalue weighted by Crippen LogP contribution is 2.22. The van der Waals surface area contributed by atoms with Crippen molar-refractivity contribution in [3.8, 4) is 0 Å². The van der Waals surface area contributed by atoms with Crippen molar-refractivity contribution in [3.63, 3.8) is 0 Å². The van der Waals surface area contributed by atoms with Gasteiger partial charge in [-0.3, -0.25) is 0 Å². The van der Waals surface area contributed by atoms with Crippen molar-refractivity contribution in [1.82, 2.24) is 15.2 Å². The third kappa shape index (κ3) is 4.39. The van der Waals surface area contributed by atoms with Crippen LogP contribution in [0.4, 0.5) is 5.82 Å². The average molecular weight is 334 g/mol. The van der Waals surface area contributed by atoms with E-state index in [2.05, 4.69) is 36.4 Å². The minimum Gasteiger partial charge on any atom is -0.369 e. The van der Waals surface area contributed by atoms with Crippen LogP contribution in [0.5, 0.6) is 0 Å². The minimum absolute atomic E-state index is 0.659. The Bertz CT molecular complexity index is 382. The van der Waals surface area contributed by atoms with Crippen LogP contribution in [-0.4, -0.2) is 49.2 Å². The van der Waals surface area contributed by atoms with Crippen molar-refractivity contribution >= 4 is 33.3 Å². The molecular formula is C12H18BrClN4. The maximum atomic E-state index is 6.08. The van der Waals surface area contributed by atoms with E-state index in [9.17, 15) is 0 Å². The number of halogens is 2. The second kappa shape index (κ2) is 7.28. The molecule has 2 N–H and O–H groups in total. The lowest BCUT2D eigenvalue weighted by molar-refractivity contribution is 0.240. The van der Waals surface area contributed by atoms with Crippen molar-refractivity contribution in [1.29, 1.82) is 0 Å². The summed E-state index contributed by atoms with van der Waals surface area (Å²) < 4.78 is 0.902. The van der Waals surface area contributed by atoms with Gasteiger partial charge >= 0.3 is 0 Å². The van der Waals surface area contributed by atoms with E-state index in [0.29, 0.717) is 5.02 Å². The highest BCUT2D eigenvalue weighted by Gasteiger charge is 2.08. The number of piperazine rings is 1. The predicted molar refractivity (Wildman–Crippen MR) is 79.4 cm³/mol. The van der Waals surface area contributed by atoms with Gasteiger partial charge in [0.05, 0.1) is 5.02 Å². The summed E-state index contributed by atoms with van der Waals surface area (Å²) in [5.41, 5.74) is 0. The molecule has 18 heavy (non-hydrogen) atoms. The fourth-order valence-corrected chi connectivity index (χ4v) is 2.69. The molecule has 0 amide bonds. The van der Waals surface area contributed by atoms with E-state index >= 15 is 0 Å². The molecule has 6 heteroatoms. The number of nitrogens with zero attached hydrogens (tertiary/aromatic N) is 2. The quantitative estimate of drug-likeness (QED) is 0.811. The smallest absolute Gasteiger partial charge is 0.144 e. The van der Waals surface area contributed by atoms with Crippen LogP contribution in [0.1, 0.15) is 6.42 Å². The third-order valence-corrected chi connectivity index (χ3v) is 3.68. The third-order valence-electron chi connectivity index (χ3n) is 2.96. The molecule has 0 atom stereocenters. The van der Waals surface area contributed by atoms with Crippen LogP contribution >= 0.6 is 27.5 Å². The molecule has 0 saturated carbocycles. The van der Waals surface area contributed by atoms with Gasteiger partial charge in [0.2, 0.25) is 0 Å². The molecule has 1 aliphatic rings. The molecule has 0 spiro atoms. The van der Waals surface area contributed by atoms with Crippen LogP contribution in [0.25, 0.3) is 0 Å². The maximum Gasteiger partial charge on any atom is 0.144 e. The fourth-order valence-electron chi connectivity index (χ4n) is 1.99. The van der Waals surface area contributed by atoms with E-state index in [1.165, 1.54) is 0 Å². The van der Waals surface area contributed by atoms with Crippen molar-refractivity contribution in [2.24, 2.45) is 0 Å². The lowest BCUT2D eigenvalue weighted by Crippen LogP contribution is -2.44. The summed E-state index contributed by atoms with van der Waals surface area (Å²) in [6.45, 7) is 6.54. The molecule has 0 aromatic carbocycles. The van der Waals surface area contributed by atoms with Crippen LogP contribution in [0.2, 0.25) is 5.02 Å². The minimum atomic E-state index is 0.659. The molecule has 2 heterocycles. The van der Waals surface area contributed by atoms with E-state index < -0.39 is 0 Å². The number of hydrogen-bond acceptors (Lipinski definition) is 4. The number of pyridine rings is 1. The molecule has 4 nitrogen and oxygen atoms in total. The Balaban J connectivity index is 1.68. The zero-order valence-corrected chi connectivity index (χ0v) is 12.6. The summed E-state index contributed by atoms with van der Waals surface area (Å²) in [5, 5.41) is 7.29. The first-order valence-corrected chi connectivity index (χ1v) is 7.41. The van der Waals surface area contributed by atoms with Crippen molar-refractivity contribution in [3.05, 3.63) is 21.8 Å². The van der Waals surface area contributed by atoms with Crippen LogP contribution in [0.3, 0.4) is 0 Å². The Morgan fingerprint density at radius 3 is 2.94 bits per heavy atom. The number of hydrogen-bond donors (Lipinski definition) is 2. The molecule has 1 aromatic rings. The summed E-state index contributed by atoms with van der Waals surface area (Å²) in [7, 11) is 0. The normalized spacial score (nSPS) is 16.8. The Kier molecular flexibility index (Phi) is 5.69. The summed E-state index contributed by atoms with van der Waals surface area (Å²) >= 11 is 9.43. The molecule has 0 unspecified atom stereocenters. The highest BCUT2D eigenvalue weighted by molar-refractivity contribution is 9.10. The lowest BCUT2D eigenvalue weighted by atomic mass is 10.3. The number of nitrogens with one attached hydrogen (secondary N) is 2. The number of rotatable bonds is 5. The molecule has 2 rings (SSSR count). The van der Waals surface area contributed by atoms with Gasteiger partial charge in [0.15, 0.2) is 0 Å². The Morgan fingerprint density at radius 1 is 1.44 bits per heavy atom. The summed E-state index contributed by atoms with van der Waals surface area (Å²) in [6.07, 6.45) is 2.86. The lowest BCUT2D eigenvalue weighted by Gasteiger charge is -2.27. The first kappa shape index (κ1) is 14.1. The van der Waals surface area contributed by atoms with E-state index in [0.717, 1.165) is 56.0 Å². The topological polar surface area (TPSA) is 40.2 Å². The standard InChI is InChI=1S/C12H18BrClN4/c13-10-8-11(14)12(17-9-10)16-2-1-5-18-6-3-15-4-7-18/h8-9,15H,1-7H2,(H,16,17). The molecule has 1 saturated heterocycles. The van der Waals surface area contributed by atoms with Crippen LogP contribution in [0, 0.1) is 0 Å². The second-order valence-electron chi connectivity index (χ2n) is 4.36. The molecule has 0 aliphatic carbocycles. The Labute approximate surface area is 121 Å². The van der Waals surface area contributed by atoms with Gasteiger partial charge in [-0.1, -0.05) is 11.6 Å². The molecule has 0 bridgehead atoms. The molecule has 1 aliphatic heterocycles. The molecule has 1 fully saturated rings. The maximum absolute atomic E-state index is 6.08. The molecular weight excluding hydrogens is 316 g/mol. The summed E-state index contributed by atoms with van der Waals surface area (Å²) in [6, 6.07) is 1.85. The van der Waals surface area contributed by atoms with Gasteiger partial charge in [0.25, 0.3) is 0 Å². The second-order valence-corrected chi connectivity index (χ2v) is 5.68. The molecule has 0 radical (unpaired) electrons. The largest absolute Gasteiger partial charge is 0.369 e. The predicted octanol–water partition coefficient (Wildman–Crippen LogP) is 2.20. The summed E-state index contributed by atoms with van der Waals surface area (Å²) in [5.74, 6) is 0.764.